The van der Waals surface area contributed by atoms with Crippen LogP contribution in [0.25, 0.3) is 0 Å². The van der Waals surface area contributed by atoms with Crippen LogP contribution in [-0.2, 0) is 4.74 Å². The minimum Gasteiger partial charge on any atom is -0.380 e. The van der Waals surface area contributed by atoms with Crippen LogP contribution in [0.15, 0.2) is 35.4 Å². The molecule has 8 nitrogen and oxygen atoms in total. The van der Waals surface area contributed by atoms with Crippen molar-refractivity contribution in [2.75, 3.05) is 25.1 Å². The summed E-state index contributed by atoms with van der Waals surface area (Å²) in [6.45, 7) is 1.22. The highest BCUT2D eigenvalue weighted by atomic mass is 16.5. The third-order valence-corrected chi connectivity index (χ3v) is 3.74. The molecule has 116 valence electrons. The van der Waals surface area contributed by atoms with Gasteiger partial charge in [0, 0.05) is 32.5 Å². The molecule has 1 aliphatic heterocycles. The first kappa shape index (κ1) is 14.5. The number of carbonyl (C=O) groups excluding carboxylic acids is 1. The number of nitrogens with zero attached hydrogens (tertiary/aromatic N) is 4. The number of methoxy groups -OCH3 is 1. The Morgan fingerprint density at radius 2 is 2.45 bits per heavy atom. The minimum atomic E-state index is -0.253. The first-order valence-corrected chi connectivity index (χ1v) is 7.02. The van der Waals surface area contributed by atoms with Crippen molar-refractivity contribution < 1.29 is 14.1 Å². The number of anilines is 1. The van der Waals surface area contributed by atoms with E-state index in [9.17, 15) is 4.79 Å². The van der Waals surface area contributed by atoms with E-state index in [0.717, 1.165) is 18.8 Å². The zero-order valence-corrected chi connectivity index (χ0v) is 12.2. The van der Waals surface area contributed by atoms with Crippen molar-refractivity contribution >= 4 is 11.7 Å². The highest BCUT2D eigenvalue weighted by molar-refractivity contribution is 5.91. The predicted octanol–water partition coefficient (Wildman–Crippen LogP) is 0.488. The maximum atomic E-state index is 11.9. The van der Waals surface area contributed by atoms with Crippen LogP contribution in [0.2, 0.25) is 0 Å². The summed E-state index contributed by atoms with van der Waals surface area (Å²) in [6.07, 6.45) is 5.52. The average molecular weight is 303 g/mol. The summed E-state index contributed by atoms with van der Waals surface area (Å²) in [5.74, 6) is 0.576. The summed E-state index contributed by atoms with van der Waals surface area (Å²) >= 11 is 0. The second-order valence-corrected chi connectivity index (χ2v) is 5.06. The van der Waals surface area contributed by atoms with Gasteiger partial charge < -0.3 is 19.5 Å². The number of hydrogen-bond donors (Lipinski definition) is 1. The van der Waals surface area contributed by atoms with Crippen molar-refractivity contribution in [3.8, 4) is 0 Å². The summed E-state index contributed by atoms with van der Waals surface area (Å²) < 4.78 is 10.1. The van der Waals surface area contributed by atoms with E-state index in [0.29, 0.717) is 6.54 Å². The van der Waals surface area contributed by atoms with Gasteiger partial charge in [-0.05, 0) is 12.5 Å². The van der Waals surface area contributed by atoms with E-state index in [4.69, 9.17) is 4.74 Å². The van der Waals surface area contributed by atoms with E-state index in [1.54, 1.807) is 13.3 Å². The molecule has 1 saturated heterocycles. The zero-order chi connectivity index (χ0) is 15.4. The minimum absolute atomic E-state index is 0.107. The van der Waals surface area contributed by atoms with E-state index in [1.165, 1.54) is 18.7 Å². The van der Waals surface area contributed by atoms with E-state index in [2.05, 4.69) is 29.9 Å². The summed E-state index contributed by atoms with van der Waals surface area (Å²) in [6, 6.07) is 3.49. The number of ether oxygens (including phenoxy) is 1. The van der Waals surface area contributed by atoms with E-state index >= 15 is 0 Å². The Labute approximate surface area is 127 Å². The lowest BCUT2D eigenvalue weighted by Gasteiger charge is -2.25. The molecule has 0 radical (unpaired) electrons. The van der Waals surface area contributed by atoms with Gasteiger partial charge in [0.05, 0.1) is 12.1 Å². The molecule has 1 N–H and O–H groups in total. The highest BCUT2D eigenvalue weighted by Gasteiger charge is 2.33. The predicted molar refractivity (Wildman–Crippen MR) is 77.4 cm³/mol. The van der Waals surface area contributed by atoms with Gasteiger partial charge in [-0.25, -0.2) is 9.97 Å². The van der Waals surface area contributed by atoms with Gasteiger partial charge in [-0.3, -0.25) is 4.79 Å². The molecule has 0 aromatic carbocycles. The number of nitrogens with one attached hydrogen (secondary N) is 1. The lowest BCUT2D eigenvalue weighted by Crippen LogP contribution is -2.40. The molecular weight excluding hydrogens is 286 g/mol. The van der Waals surface area contributed by atoms with Crippen LogP contribution in [0.1, 0.15) is 16.9 Å². The quantitative estimate of drug-likeness (QED) is 0.859. The molecule has 1 fully saturated rings. The molecule has 0 unspecified atom stereocenters. The number of amides is 1. The molecule has 8 heteroatoms. The molecule has 0 aliphatic carbocycles. The van der Waals surface area contributed by atoms with Gasteiger partial charge in [-0.2, -0.15) is 0 Å². The van der Waals surface area contributed by atoms with Crippen LogP contribution in [-0.4, -0.2) is 53.4 Å². The Hall–Kier alpha value is -2.48. The fourth-order valence-electron chi connectivity index (χ4n) is 2.60. The third kappa shape index (κ3) is 3.06. The average Bonchev–Trinajstić information content (AvgIpc) is 3.23. The number of aromatic nitrogens is 3. The smallest absolute Gasteiger partial charge is 0.273 e. The Bertz CT molecular complexity index is 604. The summed E-state index contributed by atoms with van der Waals surface area (Å²) in [5.41, 5.74) is 0.273. The summed E-state index contributed by atoms with van der Waals surface area (Å²) in [7, 11) is 1.69. The van der Waals surface area contributed by atoms with Crippen LogP contribution in [0.5, 0.6) is 0 Å². The van der Waals surface area contributed by atoms with Gasteiger partial charge in [-0.15, -0.1) is 0 Å². The maximum Gasteiger partial charge on any atom is 0.273 e. The van der Waals surface area contributed by atoms with Gasteiger partial charge in [0.15, 0.2) is 5.69 Å². The molecule has 0 spiro atoms. The standard InChI is InChI=1S/C14H17N5O3/c1-21-11-6-10(7-16-14(20)12-3-5-22-18-12)19(8-11)13-2-4-15-9-17-13/h2-5,9-11H,6-8H2,1H3,(H,16,20)/t10-,11-/m1/s1. The number of hydrogen-bond acceptors (Lipinski definition) is 7. The molecule has 3 heterocycles. The van der Waals surface area contributed by atoms with E-state index in [-0.39, 0.29) is 23.7 Å². The van der Waals surface area contributed by atoms with Crippen LogP contribution in [0.3, 0.4) is 0 Å². The molecule has 2 atom stereocenters. The summed E-state index contributed by atoms with van der Waals surface area (Å²) in [5, 5.41) is 6.49. The van der Waals surface area contributed by atoms with Gasteiger partial charge in [0.25, 0.3) is 5.91 Å². The monoisotopic (exact) mass is 303 g/mol. The summed E-state index contributed by atoms with van der Waals surface area (Å²) in [4.78, 5) is 22.3. The zero-order valence-electron chi connectivity index (χ0n) is 12.2. The molecule has 22 heavy (non-hydrogen) atoms. The first-order valence-electron chi connectivity index (χ1n) is 7.02. The van der Waals surface area contributed by atoms with Crippen molar-refractivity contribution in [2.24, 2.45) is 0 Å². The normalized spacial score (nSPS) is 21.0. The van der Waals surface area contributed by atoms with E-state index < -0.39 is 0 Å². The Kier molecular flexibility index (Phi) is 4.29. The van der Waals surface area contributed by atoms with Crippen molar-refractivity contribution in [1.82, 2.24) is 20.4 Å². The lowest BCUT2D eigenvalue weighted by molar-refractivity contribution is 0.0937. The fourth-order valence-corrected chi connectivity index (χ4v) is 2.60. The second kappa shape index (κ2) is 6.52. The first-order chi connectivity index (χ1) is 10.8. The maximum absolute atomic E-state index is 11.9. The van der Waals surface area contributed by atoms with Gasteiger partial charge in [0.2, 0.25) is 0 Å². The third-order valence-electron chi connectivity index (χ3n) is 3.74. The topological polar surface area (TPSA) is 93.4 Å². The SMILES string of the molecule is CO[C@@H]1C[C@H](CNC(=O)c2ccon2)N(c2ccncn2)C1. The Morgan fingerprint density at radius 1 is 1.55 bits per heavy atom. The van der Waals surface area contributed by atoms with Gasteiger partial charge >= 0.3 is 0 Å². The molecule has 0 saturated carbocycles. The van der Waals surface area contributed by atoms with Gasteiger partial charge in [0.1, 0.15) is 18.4 Å². The second-order valence-electron chi connectivity index (χ2n) is 5.06. The largest absolute Gasteiger partial charge is 0.380 e. The van der Waals surface area contributed by atoms with Crippen molar-refractivity contribution in [3.63, 3.8) is 0 Å². The number of rotatable bonds is 5. The molecule has 2 aromatic heterocycles. The molecule has 1 amide bonds. The molecule has 1 aliphatic rings. The molecule has 2 aromatic rings. The molecular formula is C14H17N5O3. The van der Waals surface area contributed by atoms with Crippen LogP contribution in [0.4, 0.5) is 5.82 Å². The van der Waals surface area contributed by atoms with Crippen molar-refractivity contribution in [1.29, 1.82) is 0 Å². The molecule has 3 rings (SSSR count). The Morgan fingerprint density at radius 3 is 3.14 bits per heavy atom. The van der Waals surface area contributed by atoms with Crippen LogP contribution in [0, 0.1) is 0 Å². The van der Waals surface area contributed by atoms with Crippen LogP contribution < -0.4 is 10.2 Å². The van der Waals surface area contributed by atoms with E-state index in [1.807, 2.05) is 6.07 Å². The van der Waals surface area contributed by atoms with Crippen molar-refractivity contribution in [3.05, 3.63) is 36.6 Å². The fraction of sp³-hybridized carbons (Fsp3) is 0.429. The number of carbonyl (C=O) groups is 1. The lowest BCUT2D eigenvalue weighted by atomic mass is 10.2. The van der Waals surface area contributed by atoms with Crippen LogP contribution >= 0.6 is 0 Å². The highest BCUT2D eigenvalue weighted by Crippen LogP contribution is 2.24. The Balaban J connectivity index is 1.66. The van der Waals surface area contributed by atoms with Gasteiger partial charge in [-0.1, -0.05) is 5.16 Å². The molecule has 0 bridgehead atoms. The van der Waals surface area contributed by atoms with Crippen molar-refractivity contribution in [2.45, 2.75) is 18.6 Å².